The van der Waals surface area contributed by atoms with Crippen LogP contribution in [0.25, 0.3) is 5.65 Å². The first-order chi connectivity index (χ1) is 8.58. The lowest BCUT2D eigenvalue weighted by atomic mass is 10.0. The smallest absolute Gasteiger partial charge is 0.243 e. The second-order valence-electron chi connectivity index (χ2n) is 4.88. The van der Waals surface area contributed by atoms with Gasteiger partial charge in [-0.1, -0.05) is 20.3 Å². The van der Waals surface area contributed by atoms with E-state index >= 15 is 0 Å². The van der Waals surface area contributed by atoms with Crippen LogP contribution in [0.4, 0.5) is 5.95 Å². The molecule has 2 aromatic rings. The fraction of sp³-hybridized carbons (Fsp3) is 0.538. The predicted octanol–water partition coefficient (Wildman–Crippen LogP) is 3.73. The lowest BCUT2D eigenvalue weighted by Crippen LogP contribution is -2.19. The first-order valence-corrected chi connectivity index (χ1v) is 7.16. The number of anilines is 1. The highest BCUT2D eigenvalue weighted by Crippen LogP contribution is 2.15. The van der Waals surface area contributed by atoms with Gasteiger partial charge in [0.15, 0.2) is 5.65 Å². The zero-order valence-corrected chi connectivity index (χ0v) is 12.6. The van der Waals surface area contributed by atoms with Crippen LogP contribution in [-0.2, 0) is 0 Å². The Kier molecular flexibility index (Phi) is 4.22. The summed E-state index contributed by atoms with van der Waals surface area (Å²) < 4.78 is 2.78. The maximum absolute atomic E-state index is 4.45. The second-order valence-corrected chi connectivity index (χ2v) is 5.80. The Morgan fingerprint density at radius 2 is 2.17 bits per heavy atom. The largest absolute Gasteiger partial charge is 0.350 e. The third-order valence-corrected chi connectivity index (χ3v) is 3.59. The average Bonchev–Trinajstić information content (AvgIpc) is 2.69. The summed E-state index contributed by atoms with van der Waals surface area (Å²) in [6.07, 6.45) is 4.25. The van der Waals surface area contributed by atoms with Crippen LogP contribution in [0.2, 0.25) is 0 Å². The van der Waals surface area contributed by atoms with Crippen molar-refractivity contribution < 1.29 is 0 Å². The molecule has 1 N–H and O–H groups in total. The maximum Gasteiger partial charge on any atom is 0.243 e. The lowest BCUT2D eigenvalue weighted by Gasteiger charge is -2.16. The minimum Gasteiger partial charge on any atom is -0.350 e. The van der Waals surface area contributed by atoms with Crippen molar-refractivity contribution in [2.24, 2.45) is 5.92 Å². The van der Waals surface area contributed by atoms with E-state index in [0.717, 1.165) is 22.5 Å². The lowest BCUT2D eigenvalue weighted by molar-refractivity contribution is 0.482. The van der Waals surface area contributed by atoms with Gasteiger partial charge in [0.2, 0.25) is 5.95 Å². The molecule has 0 aliphatic heterocycles. The molecule has 0 spiro atoms. The summed E-state index contributed by atoms with van der Waals surface area (Å²) >= 11 is 3.43. The number of pyridine rings is 1. The molecule has 0 amide bonds. The average molecular weight is 311 g/mol. The van der Waals surface area contributed by atoms with Gasteiger partial charge in [-0.3, -0.25) is 0 Å². The van der Waals surface area contributed by atoms with Crippen molar-refractivity contribution in [2.75, 3.05) is 5.32 Å². The molecule has 2 atom stereocenters. The summed E-state index contributed by atoms with van der Waals surface area (Å²) in [5.74, 6) is 1.42. The van der Waals surface area contributed by atoms with Gasteiger partial charge in [0, 0.05) is 16.7 Å². The molecule has 0 radical (unpaired) electrons. The molecule has 2 heterocycles. The van der Waals surface area contributed by atoms with E-state index in [-0.39, 0.29) is 0 Å². The number of hydrogen-bond acceptors (Lipinski definition) is 3. The summed E-state index contributed by atoms with van der Waals surface area (Å²) in [4.78, 5) is 4.45. The van der Waals surface area contributed by atoms with Crippen LogP contribution in [-0.4, -0.2) is 20.6 Å². The molecule has 18 heavy (non-hydrogen) atoms. The third-order valence-electron chi connectivity index (χ3n) is 3.12. The van der Waals surface area contributed by atoms with Gasteiger partial charge in [-0.2, -0.15) is 4.98 Å². The van der Waals surface area contributed by atoms with Crippen LogP contribution in [0, 0.1) is 5.92 Å². The number of nitrogens with one attached hydrogen (secondary N) is 1. The molecule has 0 aromatic carbocycles. The van der Waals surface area contributed by atoms with E-state index in [2.05, 4.69) is 52.1 Å². The standard InChI is InChI=1S/C13H19BrN4/c1-4-9(2)7-10(3)15-13-16-12-6-5-11(14)8-18(12)17-13/h5-6,8-10H,4,7H2,1-3H3,(H,15,17). The fourth-order valence-corrected chi connectivity index (χ4v) is 2.29. The molecule has 0 bridgehead atoms. The molecule has 0 aliphatic rings. The van der Waals surface area contributed by atoms with Crippen LogP contribution in [0.1, 0.15) is 33.6 Å². The van der Waals surface area contributed by atoms with Crippen molar-refractivity contribution in [3.05, 3.63) is 22.8 Å². The Morgan fingerprint density at radius 3 is 2.89 bits per heavy atom. The van der Waals surface area contributed by atoms with Crippen LogP contribution in [0.3, 0.4) is 0 Å². The molecule has 5 heteroatoms. The van der Waals surface area contributed by atoms with E-state index in [0.29, 0.717) is 12.0 Å². The first kappa shape index (κ1) is 13.3. The first-order valence-electron chi connectivity index (χ1n) is 6.37. The normalized spacial score (nSPS) is 14.7. The van der Waals surface area contributed by atoms with Gasteiger partial charge in [0.1, 0.15) is 0 Å². The van der Waals surface area contributed by atoms with E-state index in [1.165, 1.54) is 6.42 Å². The molecule has 0 saturated carbocycles. The van der Waals surface area contributed by atoms with Gasteiger partial charge in [-0.15, -0.1) is 5.10 Å². The van der Waals surface area contributed by atoms with Gasteiger partial charge in [-0.25, -0.2) is 4.52 Å². The van der Waals surface area contributed by atoms with Gasteiger partial charge in [0.05, 0.1) is 0 Å². The van der Waals surface area contributed by atoms with E-state index in [1.54, 1.807) is 4.52 Å². The highest BCUT2D eigenvalue weighted by atomic mass is 79.9. The Labute approximate surface area is 116 Å². The summed E-state index contributed by atoms with van der Waals surface area (Å²) in [7, 11) is 0. The van der Waals surface area contributed by atoms with E-state index in [1.807, 2.05) is 18.3 Å². The van der Waals surface area contributed by atoms with E-state index in [9.17, 15) is 0 Å². The molecule has 2 unspecified atom stereocenters. The molecule has 2 rings (SSSR count). The van der Waals surface area contributed by atoms with Crippen molar-refractivity contribution in [3.63, 3.8) is 0 Å². The Morgan fingerprint density at radius 1 is 1.39 bits per heavy atom. The highest BCUT2D eigenvalue weighted by molar-refractivity contribution is 9.10. The van der Waals surface area contributed by atoms with Gasteiger partial charge >= 0.3 is 0 Å². The summed E-state index contributed by atoms with van der Waals surface area (Å²) in [6.45, 7) is 6.66. The Bertz CT molecular complexity index is 523. The second kappa shape index (κ2) is 5.69. The Balaban J connectivity index is 2.07. The zero-order valence-electron chi connectivity index (χ0n) is 11.0. The van der Waals surface area contributed by atoms with Crippen molar-refractivity contribution in [1.82, 2.24) is 14.6 Å². The molecular weight excluding hydrogens is 292 g/mol. The van der Waals surface area contributed by atoms with E-state index < -0.39 is 0 Å². The van der Waals surface area contributed by atoms with E-state index in [4.69, 9.17) is 0 Å². The predicted molar refractivity (Wildman–Crippen MR) is 77.8 cm³/mol. The van der Waals surface area contributed by atoms with Crippen molar-refractivity contribution in [1.29, 1.82) is 0 Å². The van der Waals surface area contributed by atoms with Gasteiger partial charge < -0.3 is 5.32 Å². The highest BCUT2D eigenvalue weighted by Gasteiger charge is 2.10. The SMILES string of the molecule is CCC(C)CC(C)Nc1nc2ccc(Br)cn2n1. The van der Waals surface area contributed by atoms with Gasteiger partial charge in [-0.05, 0) is 47.3 Å². The number of halogens is 1. The number of aromatic nitrogens is 3. The molecule has 0 aliphatic carbocycles. The number of fused-ring (bicyclic) bond motifs is 1. The topological polar surface area (TPSA) is 42.2 Å². The minimum absolute atomic E-state index is 0.390. The number of nitrogens with zero attached hydrogens (tertiary/aromatic N) is 3. The zero-order chi connectivity index (χ0) is 13.1. The van der Waals surface area contributed by atoms with Gasteiger partial charge in [0.25, 0.3) is 0 Å². The maximum atomic E-state index is 4.45. The van der Waals surface area contributed by atoms with Crippen LogP contribution < -0.4 is 5.32 Å². The summed E-state index contributed by atoms with van der Waals surface area (Å²) in [5.41, 5.74) is 0.858. The Hall–Kier alpha value is -1.10. The monoisotopic (exact) mass is 310 g/mol. The van der Waals surface area contributed by atoms with Crippen molar-refractivity contribution in [3.8, 4) is 0 Å². The molecule has 4 nitrogen and oxygen atoms in total. The van der Waals surface area contributed by atoms with Crippen LogP contribution >= 0.6 is 15.9 Å². The van der Waals surface area contributed by atoms with Crippen molar-refractivity contribution >= 4 is 27.5 Å². The minimum atomic E-state index is 0.390. The molecule has 2 aromatic heterocycles. The molecule has 0 saturated heterocycles. The molecule has 98 valence electrons. The van der Waals surface area contributed by atoms with Crippen molar-refractivity contribution in [2.45, 2.75) is 39.7 Å². The summed E-state index contributed by atoms with van der Waals surface area (Å²) in [6, 6.07) is 4.30. The quantitative estimate of drug-likeness (QED) is 0.915. The molecule has 0 fully saturated rings. The van der Waals surface area contributed by atoms with Crippen LogP contribution in [0.5, 0.6) is 0 Å². The molecular formula is C13H19BrN4. The van der Waals surface area contributed by atoms with Crippen LogP contribution in [0.15, 0.2) is 22.8 Å². The fourth-order valence-electron chi connectivity index (χ4n) is 1.97. The number of hydrogen-bond donors (Lipinski definition) is 1. The number of rotatable bonds is 5. The summed E-state index contributed by atoms with van der Waals surface area (Å²) in [5, 5.41) is 7.77. The third kappa shape index (κ3) is 3.22.